The van der Waals surface area contributed by atoms with Gasteiger partial charge in [-0.25, -0.2) is 4.79 Å². The highest BCUT2D eigenvalue weighted by Crippen LogP contribution is 2.33. The Labute approximate surface area is 222 Å². The first-order chi connectivity index (χ1) is 17.8. The third kappa shape index (κ3) is 6.60. The number of esters is 1. The number of hydrogen-bond donors (Lipinski definition) is 0. The van der Waals surface area contributed by atoms with Crippen molar-refractivity contribution in [1.82, 2.24) is 4.90 Å². The first kappa shape index (κ1) is 28.4. The summed E-state index contributed by atoms with van der Waals surface area (Å²) in [4.78, 5) is 32.5. The highest BCUT2D eigenvalue weighted by Gasteiger charge is 2.45. The molecule has 0 radical (unpaired) electrons. The van der Waals surface area contributed by atoms with E-state index in [0.29, 0.717) is 18.9 Å². The maximum Gasteiger partial charge on any atom is 0.347 e. The first-order valence-corrected chi connectivity index (χ1v) is 13.7. The van der Waals surface area contributed by atoms with Gasteiger partial charge in [-0.1, -0.05) is 77.4 Å². The zero-order valence-corrected chi connectivity index (χ0v) is 23.3. The summed E-state index contributed by atoms with van der Waals surface area (Å²) in [6.45, 7) is 12.8. The summed E-state index contributed by atoms with van der Waals surface area (Å²) in [7, 11) is 0. The van der Waals surface area contributed by atoms with Crippen LogP contribution in [0.25, 0.3) is 11.1 Å². The molecule has 1 atom stereocenters. The Hall–Kier alpha value is -3.15. The summed E-state index contributed by atoms with van der Waals surface area (Å²) in [5.74, 6) is 1.31. The fourth-order valence-corrected chi connectivity index (χ4v) is 4.68. The standard InChI is InChI=1S/C31H42N2O4/c1-7-11-15-27-32-31(8-2,9-3)30(35)33(27)21-23-16-18-24(19-17-23)25-13-12-14-26(20-25)37-28(22(5)6)29(34)36-10-4/h12-14,16-20,22,28H,7-11,15,21H2,1-6H3. The van der Waals surface area contributed by atoms with Crippen molar-refractivity contribution >= 4 is 17.7 Å². The minimum atomic E-state index is -0.655. The van der Waals surface area contributed by atoms with Crippen LogP contribution in [0.1, 0.15) is 79.2 Å². The Morgan fingerprint density at radius 3 is 2.30 bits per heavy atom. The molecule has 1 amide bonds. The van der Waals surface area contributed by atoms with Crippen LogP contribution < -0.4 is 4.74 Å². The molecule has 37 heavy (non-hydrogen) atoms. The van der Waals surface area contributed by atoms with Gasteiger partial charge in [-0.05, 0) is 55.0 Å². The van der Waals surface area contributed by atoms with Crippen molar-refractivity contribution in [2.45, 2.75) is 91.8 Å². The van der Waals surface area contributed by atoms with Crippen molar-refractivity contribution in [1.29, 1.82) is 0 Å². The van der Waals surface area contributed by atoms with Crippen molar-refractivity contribution in [3.05, 3.63) is 54.1 Å². The molecule has 1 unspecified atom stereocenters. The van der Waals surface area contributed by atoms with Gasteiger partial charge in [0.1, 0.15) is 17.1 Å². The monoisotopic (exact) mass is 506 g/mol. The second kappa shape index (κ2) is 12.9. The molecule has 1 aliphatic rings. The van der Waals surface area contributed by atoms with Crippen LogP contribution in [-0.4, -0.2) is 40.9 Å². The maximum atomic E-state index is 13.4. The predicted octanol–water partition coefficient (Wildman–Crippen LogP) is 6.81. The molecule has 0 fully saturated rings. The lowest BCUT2D eigenvalue weighted by atomic mass is 9.93. The van der Waals surface area contributed by atoms with Crippen molar-refractivity contribution < 1.29 is 19.1 Å². The maximum absolute atomic E-state index is 13.4. The molecule has 0 aromatic heterocycles. The van der Waals surface area contributed by atoms with E-state index in [1.165, 1.54) is 0 Å². The van der Waals surface area contributed by atoms with Crippen LogP contribution in [0.2, 0.25) is 0 Å². The summed E-state index contributed by atoms with van der Waals surface area (Å²) in [5.41, 5.74) is 2.49. The zero-order valence-electron chi connectivity index (χ0n) is 23.3. The number of carbonyl (C=O) groups is 2. The predicted molar refractivity (Wildman–Crippen MR) is 149 cm³/mol. The average molecular weight is 507 g/mol. The molecular weight excluding hydrogens is 464 g/mol. The van der Waals surface area contributed by atoms with E-state index in [0.717, 1.165) is 54.6 Å². The molecule has 1 aliphatic heterocycles. The third-order valence-electron chi connectivity index (χ3n) is 7.07. The normalized spacial score (nSPS) is 15.6. The molecule has 0 bridgehead atoms. The second-order valence-electron chi connectivity index (χ2n) is 10.0. The van der Waals surface area contributed by atoms with E-state index in [1.54, 1.807) is 6.92 Å². The van der Waals surface area contributed by atoms with Gasteiger partial charge in [-0.3, -0.25) is 14.7 Å². The van der Waals surface area contributed by atoms with E-state index in [4.69, 9.17) is 14.5 Å². The average Bonchev–Trinajstić information content (AvgIpc) is 3.17. The number of hydrogen-bond acceptors (Lipinski definition) is 5. The summed E-state index contributed by atoms with van der Waals surface area (Å²) in [6.07, 6.45) is 3.72. The molecule has 0 saturated heterocycles. The lowest BCUT2D eigenvalue weighted by molar-refractivity contribution is -0.153. The third-order valence-corrected chi connectivity index (χ3v) is 7.07. The van der Waals surface area contributed by atoms with Gasteiger partial charge in [0.05, 0.1) is 13.2 Å². The van der Waals surface area contributed by atoms with Crippen LogP contribution in [0, 0.1) is 5.92 Å². The van der Waals surface area contributed by atoms with E-state index in [2.05, 4.69) is 45.0 Å². The van der Waals surface area contributed by atoms with Gasteiger partial charge >= 0.3 is 5.97 Å². The van der Waals surface area contributed by atoms with Crippen LogP contribution in [0.4, 0.5) is 0 Å². The summed E-state index contributed by atoms with van der Waals surface area (Å²) >= 11 is 0. The van der Waals surface area contributed by atoms with E-state index >= 15 is 0 Å². The number of unbranched alkanes of at least 4 members (excludes halogenated alkanes) is 1. The van der Waals surface area contributed by atoms with Gasteiger partial charge in [-0.15, -0.1) is 0 Å². The Morgan fingerprint density at radius 1 is 1.00 bits per heavy atom. The number of nitrogens with zero attached hydrogens (tertiary/aromatic N) is 2. The SMILES string of the molecule is CCCCC1=NC(CC)(CC)C(=O)N1Cc1ccc(-c2cccc(OC(C(=O)OCC)C(C)C)c2)cc1. The smallest absolute Gasteiger partial charge is 0.347 e. The van der Waals surface area contributed by atoms with E-state index in [1.807, 2.05) is 43.0 Å². The first-order valence-electron chi connectivity index (χ1n) is 13.7. The highest BCUT2D eigenvalue weighted by molar-refractivity contribution is 6.08. The van der Waals surface area contributed by atoms with Gasteiger partial charge in [0.2, 0.25) is 0 Å². The Balaban J connectivity index is 1.76. The van der Waals surface area contributed by atoms with Crippen molar-refractivity contribution in [3.63, 3.8) is 0 Å². The van der Waals surface area contributed by atoms with Gasteiger partial charge in [-0.2, -0.15) is 0 Å². The Kier molecular flexibility index (Phi) is 9.90. The quantitative estimate of drug-likeness (QED) is 0.280. The van der Waals surface area contributed by atoms with Gasteiger partial charge < -0.3 is 9.47 Å². The number of amides is 1. The molecular formula is C31H42N2O4. The van der Waals surface area contributed by atoms with E-state index in [9.17, 15) is 9.59 Å². The van der Waals surface area contributed by atoms with Gasteiger partial charge in [0.25, 0.3) is 5.91 Å². The molecule has 0 saturated carbocycles. The van der Waals surface area contributed by atoms with Gasteiger partial charge in [0, 0.05) is 12.3 Å². The van der Waals surface area contributed by atoms with E-state index < -0.39 is 11.6 Å². The largest absolute Gasteiger partial charge is 0.478 e. The van der Waals surface area contributed by atoms with E-state index in [-0.39, 0.29) is 17.8 Å². The molecule has 2 aromatic rings. The number of rotatable bonds is 13. The summed E-state index contributed by atoms with van der Waals surface area (Å²) in [6, 6.07) is 16.0. The molecule has 0 N–H and O–H groups in total. The zero-order chi connectivity index (χ0) is 27.0. The van der Waals surface area contributed by atoms with Crippen LogP contribution in [0.15, 0.2) is 53.5 Å². The van der Waals surface area contributed by atoms with Crippen LogP contribution in [-0.2, 0) is 20.9 Å². The molecule has 3 rings (SSSR count). The highest BCUT2D eigenvalue weighted by atomic mass is 16.6. The van der Waals surface area contributed by atoms with Gasteiger partial charge in [0.15, 0.2) is 6.10 Å². The summed E-state index contributed by atoms with van der Waals surface area (Å²) in [5, 5.41) is 0. The Bertz CT molecular complexity index is 1090. The lowest BCUT2D eigenvalue weighted by Gasteiger charge is -2.24. The van der Waals surface area contributed by atoms with Crippen LogP contribution in [0.3, 0.4) is 0 Å². The minimum absolute atomic E-state index is 0.0137. The summed E-state index contributed by atoms with van der Waals surface area (Å²) < 4.78 is 11.2. The number of benzene rings is 2. The topological polar surface area (TPSA) is 68.2 Å². The molecule has 6 nitrogen and oxygen atoms in total. The van der Waals surface area contributed by atoms with Crippen molar-refractivity contribution in [2.75, 3.05) is 6.61 Å². The molecule has 0 aliphatic carbocycles. The molecule has 1 heterocycles. The van der Waals surface area contributed by atoms with Crippen LogP contribution in [0.5, 0.6) is 5.75 Å². The molecule has 2 aromatic carbocycles. The number of ether oxygens (including phenoxy) is 2. The van der Waals surface area contributed by atoms with Crippen molar-refractivity contribution in [2.24, 2.45) is 10.9 Å². The number of amidine groups is 1. The fourth-order valence-electron chi connectivity index (χ4n) is 4.68. The van der Waals surface area contributed by atoms with Crippen LogP contribution >= 0.6 is 0 Å². The Morgan fingerprint density at radius 2 is 1.70 bits per heavy atom. The molecule has 6 heteroatoms. The molecule has 200 valence electrons. The minimum Gasteiger partial charge on any atom is -0.478 e. The number of aliphatic imine (C=N–C) groups is 1. The fraction of sp³-hybridized carbons (Fsp3) is 0.516. The van der Waals surface area contributed by atoms with Crippen molar-refractivity contribution in [3.8, 4) is 16.9 Å². The number of carbonyl (C=O) groups excluding carboxylic acids is 2. The lowest BCUT2D eigenvalue weighted by Crippen LogP contribution is -2.41. The molecule has 0 spiro atoms. The second-order valence-corrected chi connectivity index (χ2v) is 10.0.